The Labute approximate surface area is 163 Å². The van der Waals surface area contributed by atoms with Crippen molar-refractivity contribution in [2.24, 2.45) is 10.9 Å². The lowest BCUT2D eigenvalue weighted by molar-refractivity contribution is 0.0873. The van der Waals surface area contributed by atoms with Crippen LogP contribution in [0.25, 0.3) is 0 Å². The maximum atomic E-state index is 12.1. The van der Waals surface area contributed by atoms with Gasteiger partial charge < -0.3 is 15.3 Å². The fraction of sp³-hybridized carbons (Fsp3) is 0.938. The molecule has 1 saturated heterocycles. The SMILES string of the molecule is CN=C(NCC(O)C1CCCCC1)N1CCS(=O)(=O)C(C)(C)C1.I. The molecule has 0 spiro atoms. The van der Waals surface area contributed by atoms with Crippen LogP contribution in [0.3, 0.4) is 0 Å². The van der Waals surface area contributed by atoms with Crippen LogP contribution in [0.1, 0.15) is 46.0 Å². The van der Waals surface area contributed by atoms with Crippen LogP contribution >= 0.6 is 24.0 Å². The molecule has 0 aromatic heterocycles. The van der Waals surface area contributed by atoms with Gasteiger partial charge in [-0.3, -0.25) is 4.99 Å². The third-order valence-corrected chi connectivity index (χ3v) is 7.75. The van der Waals surface area contributed by atoms with Crippen LogP contribution in [0.4, 0.5) is 0 Å². The standard InChI is InChI=1S/C16H31N3O3S.HI/c1-16(2)12-19(9-10-23(16,21)22)15(17-3)18-11-14(20)13-7-5-4-6-8-13;/h13-14,20H,4-12H2,1-3H3,(H,17,18);1H. The van der Waals surface area contributed by atoms with E-state index in [0.29, 0.717) is 31.5 Å². The van der Waals surface area contributed by atoms with Gasteiger partial charge in [0, 0.05) is 26.7 Å². The van der Waals surface area contributed by atoms with Crippen molar-refractivity contribution >= 4 is 39.8 Å². The molecule has 1 aliphatic carbocycles. The lowest BCUT2D eigenvalue weighted by Crippen LogP contribution is -2.58. The molecule has 1 saturated carbocycles. The highest BCUT2D eigenvalue weighted by Crippen LogP contribution is 2.26. The molecule has 2 rings (SSSR count). The van der Waals surface area contributed by atoms with E-state index in [9.17, 15) is 13.5 Å². The topological polar surface area (TPSA) is 82.0 Å². The lowest BCUT2D eigenvalue weighted by atomic mass is 9.85. The normalized spacial score (nSPS) is 25.7. The number of rotatable bonds is 3. The van der Waals surface area contributed by atoms with E-state index in [1.165, 1.54) is 19.3 Å². The number of aliphatic imine (C=N–C) groups is 1. The monoisotopic (exact) mass is 473 g/mol. The maximum Gasteiger partial charge on any atom is 0.193 e. The van der Waals surface area contributed by atoms with Crippen LogP contribution in [0.5, 0.6) is 0 Å². The smallest absolute Gasteiger partial charge is 0.193 e. The zero-order valence-corrected chi connectivity index (χ0v) is 18.1. The lowest BCUT2D eigenvalue weighted by Gasteiger charge is -2.39. The van der Waals surface area contributed by atoms with E-state index in [1.54, 1.807) is 20.9 Å². The Balaban J connectivity index is 0.00000288. The summed E-state index contributed by atoms with van der Waals surface area (Å²) in [4.78, 5) is 6.25. The van der Waals surface area contributed by atoms with Crippen molar-refractivity contribution in [1.82, 2.24) is 10.2 Å². The summed E-state index contributed by atoms with van der Waals surface area (Å²) in [6, 6.07) is 0. The van der Waals surface area contributed by atoms with E-state index in [-0.39, 0.29) is 35.8 Å². The van der Waals surface area contributed by atoms with Crippen molar-refractivity contribution in [2.45, 2.75) is 56.8 Å². The summed E-state index contributed by atoms with van der Waals surface area (Å²) < 4.78 is 23.4. The summed E-state index contributed by atoms with van der Waals surface area (Å²) in [5, 5.41) is 13.6. The molecule has 24 heavy (non-hydrogen) atoms. The fourth-order valence-electron chi connectivity index (χ4n) is 3.54. The second-order valence-electron chi connectivity index (χ2n) is 7.39. The van der Waals surface area contributed by atoms with Crippen LogP contribution in [-0.4, -0.2) is 67.7 Å². The van der Waals surface area contributed by atoms with Gasteiger partial charge in [-0.25, -0.2) is 8.42 Å². The summed E-state index contributed by atoms with van der Waals surface area (Å²) in [7, 11) is -1.36. The predicted molar refractivity (Wildman–Crippen MR) is 109 cm³/mol. The van der Waals surface area contributed by atoms with E-state index in [1.807, 2.05) is 4.90 Å². The first kappa shape index (κ1) is 22.0. The summed E-state index contributed by atoms with van der Waals surface area (Å²) in [6.45, 7) is 4.87. The fourth-order valence-corrected chi connectivity index (χ4v) is 4.90. The van der Waals surface area contributed by atoms with E-state index in [0.717, 1.165) is 12.8 Å². The molecule has 2 aliphatic rings. The first-order valence-corrected chi connectivity index (χ1v) is 10.3. The van der Waals surface area contributed by atoms with Crippen molar-refractivity contribution in [3.63, 3.8) is 0 Å². The Morgan fingerprint density at radius 2 is 1.96 bits per heavy atom. The number of guanidine groups is 1. The third-order valence-electron chi connectivity index (χ3n) is 5.22. The van der Waals surface area contributed by atoms with E-state index < -0.39 is 14.6 Å². The average Bonchev–Trinajstić information content (AvgIpc) is 2.52. The largest absolute Gasteiger partial charge is 0.391 e. The van der Waals surface area contributed by atoms with E-state index in [2.05, 4.69) is 10.3 Å². The molecule has 0 amide bonds. The highest BCUT2D eigenvalue weighted by atomic mass is 127. The molecule has 1 heterocycles. The van der Waals surface area contributed by atoms with Crippen LogP contribution in [0.2, 0.25) is 0 Å². The van der Waals surface area contributed by atoms with Gasteiger partial charge in [0.25, 0.3) is 0 Å². The molecule has 8 heteroatoms. The minimum atomic E-state index is -3.06. The van der Waals surface area contributed by atoms with Crippen molar-refractivity contribution in [3.05, 3.63) is 0 Å². The van der Waals surface area contributed by atoms with E-state index in [4.69, 9.17) is 0 Å². The zero-order chi connectivity index (χ0) is 17.1. The van der Waals surface area contributed by atoms with Crippen molar-refractivity contribution in [2.75, 3.05) is 32.4 Å². The van der Waals surface area contributed by atoms with Crippen LogP contribution in [0.15, 0.2) is 4.99 Å². The van der Waals surface area contributed by atoms with Gasteiger partial charge in [-0.2, -0.15) is 0 Å². The summed E-state index contributed by atoms with van der Waals surface area (Å²) >= 11 is 0. The highest BCUT2D eigenvalue weighted by Gasteiger charge is 2.41. The first-order chi connectivity index (χ1) is 10.8. The number of nitrogens with one attached hydrogen (secondary N) is 1. The molecule has 142 valence electrons. The van der Waals surface area contributed by atoms with Crippen molar-refractivity contribution in [3.8, 4) is 0 Å². The zero-order valence-electron chi connectivity index (χ0n) is 15.0. The Morgan fingerprint density at radius 3 is 2.50 bits per heavy atom. The number of hydrogen-bond donors (Lipinski definition) is 2. The minimum absolute atomic E-state index is 0. The predicted octanol–water partition coefficient (Wildman–Crippen LogP) is 1.63. The molecule has 0 aromatic rings. The number of aliphatic hydroxyl groups excluding tert-OH is 1. The molecule has 6 nitrogen and oxygen atoms in total. The van der Waals surface area contributed by atoms with Crippen LogP contribution in [-0.2, 0) is 9.84 Å². The summed E-state index contributed by atoms with van der Waals surface area (Å²) in [5.41, 5.74) is 0. The van der Waals surface area contributed by atoms with Gasteiger partial charge in [0.15, 0.2) is 15.8 Å². The van der Waals surface area contributed by atoms with Crippen molar-refractivity contribution < 1.29 is 13.5 Å². The maximum absolute atomic E-state index is 12.1. The molecule has 0 aromatic carbocycles. The molecule has 2 N–H and O–H groups in total. The van der Waals surface area contributed by atoms with Gasteiger partial charge in [0.1, 0.15) is 0 Å². The van der Waals surface area contributed by atoms with Crippen LogP contribution in [0, 0.1) is 5.92 Å². The van der Waals surface area contributed by atoms with Gasteiger partial charge in [0.2, 0.25) is 0 Å². The number of sulfone groups is 1. The quantitative estimate of drug-likeness (QED) is 0.370. The van der Waals surface area contributed by atoms with E-state index >= 15 is 0 Å². The molecule has 1 atom stereocenters. The second kappa shape index (κ2) is 9.02. The molecule has 2 fully saturated rings. The Bertz CT molecular complexity index is 531. The van der Waals surface area contributed by atoms with Gasteiger partial charge in [-0.1, -0.05) is 19.3 Å². The summed E-state index contributed by atoms with van der Waals surface area (Å²) in [6.07, 6.45) is 5.50. The third kappa shape index (κ3) is 5.20. The molecule has 0 bridgehead atoms. The molecular formula is C16H32IN3O3S. The van der Waals surface area contributed by atoms with Gasteiger partial charge in [-0.15, -0.1) is 24.0 Å². The first-order valence-electron chi connectivity index (χ1n) is 8.63. The molecule has 1 aliphatic heterocycles. The minimum Gasteiger partial charge on any atom is -0.391 e. The number of hydrogen-bond acceptors (Lipinski definition) is 4. The second-order valence-corrected chi connectivity index (χ2v) is 10.1. The van der Waals surface area contributed by atoms with Gasteiger partial charge in [0.05, 0.1) is 16.6 Å². The molecular weight excluding hydrogens is 441 g/mol. The average molecular weight is 473 g/mol. The van der Waals surface area contributed by atoms with Gasteiger partial charge in [-0.05, 0) is 32.6 Å². The molecule has 1 unspecified atom stereocenters. The Kier molecular flexibility index (Phi) is 8.25. The number of halogens is 1. The highest BCUT2D eigenvalue weighted by molar-refractivity contribution is 14.0. The van der Waals surface area contributed by atoms with Gasteiger partial charge >= 0.3 is 0 Å². The van der Waals surface area contributed by atoms with Crippen molar-refractivity contribution in [1.29, 1.82) is 0 Å². The Morgan fingerprint density at radius 1 is 1.33 bits per heavy atom. The Hall–Kier alpha value is -0.0900. The number of nitrogens with zero attached hydrogens (tertiary/aromatic N) is 2. The summed E-state index contributed by atoms with van der Waals surface area (Å²) in [5.74, 6) is 1.20. The van der Waals surface area contributed by atoms with Crippen LogP contribution < -0.4 is 5.32 Å². The number of aliphatic hydroxyl groups is 1. The molecule has 0 radical (unpaired) electrons.